The fourth-order valence-corrected chi connectivity index (χ4v) is 3.08. The summed E-state index contributed by atoms with van der Waals surface area (Å²) in [6.45, 7) is 10.0. The van der Waals surface area contributed by atoms with Crippen LogP contribution in [0.15, 0.2) is 35.5 Å². The van der Waals surface area contributed by atoms with Crippen LogP contribution in [0, 0.1) is 12.8 Å². The van der Waals surface area contributed by atoms with Crippen molar-refractivity contribution in [3.05, 3.63) is 45.9 Å². The number of halogens is 1. The molecule has 0 spiro atoms. The summed E-state index contributed by atoms with van der Waals surface area (Å²) in [4.78, 5) is 22.0. The Morgan fingerprint density at radius 3 is 2.50 bits per heavy atom. The highest BCUT2D eigenvalue weighted by Gasteiger charge is 2.06. The van der Waals surface area contributed by atoms with Gasteiger partial charge in [-0.15, -0.1) is 35.3 Å². The number of thiazole rings is 1. The summed E-state index contributed by atoms with van der Waals surface area (Å²) in [6, 6.07) is 7.80. The zero-order valence-electron chi connectivity index (χ0n) is 16.9. The van der Waals surface area contributed by atoms with Gasteiger partial charge < -0.3 is 16.0 Å². The Labute approximate surface area is 188 Å². The minimum atomic E-state index is -0.0312. The van der Waals surface area contributed by atoms with E-state index < -0.39 is 0 Å². The smallest absolute Gasteiger partial charge is 0.226 e. The molecule has 1 amide bonds. The molecule has 2 rings (SSSR count). The van der Waals surface area contributed by atoms with E-state index in [4.69, 9.17) is 0 Å². The predicted molar refractivity (Wildman–Crippen MR) is 129 cm³/mol. The van der Waals surface area contributed by atoms with Gasteiger partial charge in [-0.1, -0.05) is 26.0 Å². The highest BCUT2D eigenvalue weighted by molar-refractivity contribution is 14.0. The number of benzene rings is 1. The predicted octanol–water partition coefficient (Wildman–Crippen LogP) is 3.96. The quantitative estimate of drug-likeness (QED) is 0.283. The van der Waals surface area contributed by atoms with Gasteiger partial charge in [-0.3, -0.25) is 4.79 Å². The number of rotatable bonds is 8. The molecule has 1 aromatic carbocycles. The number of aliphatic imine (C=N–C) groups is 1. The first-order chi connectivity index (χ1) is 13.0. The number of aryl methyl sites for hydroxylation is 1. The molecule has 3 N–H and O–H groups in total. The number of nitrogens with zero attached hydrogens (tertiary/aromatic N) is 2. The second-order valence-electron chi connectivity index (χ2n) is 6.58. The van der Waals surface area contributed by atoms with Crippen LogP contribution in [0.25, 0.3) is 0 Å². The number of hydrogen-bond acceptors (Lipinski definition) is 4. The molecule has 154 valence electrons. The second-order valence-corrected chi connectivity index (χ2v) is 7.90. The van der Waals surface area contributed by atoms with Crippen LogP contribution in [0.2, 0.25) is 0 Å². The first kappa shape index (κ1) is 24.4. The van der Waals surface area contributed by atoms with E-state index in [-0.39, 0.29) is 35.8 Å². The summed E-state index contributed by atoms with van der Waals surface area (Å²) in [5.74, 6) is 0.786. The van der Waals surface area contributed by atoms with E-state index in [2.05, 4.69) is 32.9 Å². The van der Waals surface area contributed by atoms with Crippen molar-refractivity contribution in [1.29, 1.82) is 0 Å². The average Bonchev–Trinajstić information content (AvgIpc) is 3.06. The molecule has 0 unspecified atom stereocenters. The van der Waals surface area contributed by atoms with Gasteiger partial charge in [-0.25, -0.2) is 9.98 Å². The number of carbonyl (C=O) groups is 1. The van der Waals surface area contributed by atoms with Gasteiger partial charge in [0, 0.05) is 42.2 Å². The molecule has 0 aliphatic carbocycles. The Morgan fingerprint density at radius 2 is 1.93 bits per heavy atom. The van der Waals surface area contributed by atoms with Gasteiger partial charge in [-0.05, 0) is 31.5 Å². The van der Waals surface area contributed by atoms with Gasteiger partial charge in [0.2, 0.25) is 5.91 Å². The third kappa shape index (κ3) is 8.55. The largest absolute Gasteiger partial charge is 0.357 e. The van der Waals surface area contributed by atoms with E-state index in [0.717, 1.165) is 41.7 Å². The van der Waals surface area contributed by atoms with Crippen LogP contribution < -0.4 is 16.0 Å². The number of aromatic nitrogens is 1. The van der Waals surface area contributed by atoms with Crippen molar-refractivity contribution in [1.82, 2.24) is 15.6 Å². The van der Waals surface area contributed by atoms with Crippen molar-refractivity contribution < 1.29 is 4.79 Å². The van der Waals surface area contributed by atoms with Crippen LogP contribution in [0.4, 0.5) is 5.69 Å². The molecule has 0 aliphatic rings. The molecule has 1 aromatic heterocycles. The molecule has 28 heavy (non-hydrogen) atoms. The molecule has 0 atom stereocenters. The Kier molecular flexibility index (Phi) is 11.1. The van der Waals surface area contributed by atoms with E-state index in [1.54, 1.807) is 11.3 Å². The number of hydrogen-bond donors (Lipinski definition) is 3. The maximum absolute atomic E-state index is 11.7. The third-order valence-electron chi connectivity index (χ3n) is 3.81. The minimum absolute atomic E-state index is 0. The van der Waals surface area contributed by atoms with Crippen LogP contribution >= 0.6 is 35.3 Å². The third-order valence-corrected chi connectivity index (χ3v) is 4.78. The number of amides is 1. The van der Waals surface area contributed by atoms with Crippen LogP contribution in [0.3, 0.4) is 0 Å². The number of guanidine groups is 1. The molecule has 0 radical (unpaired) electrons. The zero-order valence-corrected chi connectivity index (χ0v) is 20.1. The molecule has 6 nitrogen and oxygen atoms in total. The fourth-order valence-electron chi connectivity index (χ4n) is 2.30. The molecule has 0 saturated carbocycles. The fraction of sp³-hybridized carbons (Fsp3) is 0.450. The Hall–Kier alpha value is -1.68. The van der Waals surface area contributed by atoms with Crippen molar-refractivity contribution in [2.45, 2.75) is 40.7 Å². The van der Waals surface area contributed by atoms with Gasteiger partial charge in [0.1, 0.15) is 0 Å². The summed E-state index contributed by atoms with van der Waals surface area (Å²) >= 11 is 1.73. The molecule has 1 heterocycles. The molecular formula is C20H30IN5OS. The van der Waals surface area contributed by atoms with Gasteiger partial charge in [-0.2, -0.15) is 0 Å². The summed E-state index contributed by atoms with van der Waals surface area (Å²) in [7, 11) is 0. The van der Waals surface area contributed by atoms with Gasteiger partial charge in [0.15, 0.2) is 5.96 Å². The molecule has 0 fully saturated rings. The van der Waals surface area contributed by atoms with Gasteiger partial charge in [0.25, 0.3) is 0 Å². The van der Waals surface area contributed by atoms with Crippen molar-refractivity contribution in [3.8, 4) is 0 Å². The van der Waals surface area contributed by atoms with E-state index in [1.165, 1.54) is 4.88 Å². The summed E-state index contributed by atoms with van der Waals surface area (Å²) < 4.78 is 0. The highest BCUT2D eigenvalue weighted by Crippen LogP contribution is 2.12. The first-order valence-corrected chi connectivity index (χ1v) is 10.1. The first-order valence-electron chi connectivity index (χ1n) is 9.31. The zero-order chi connectivity index (χ0) is 19.6. The summed E-state index contributed by atoms with van der Waals surface area (Å²) in [5.41, 5.74) is 1.90. The summed E-state index contributed by atoms with van der Waals surface area (Å²) in [6.07, 6.45) is 2.79. The lowest BCUT2D eigenvalue weighted by Gasteiger charge is -2.11. The van der Waals surface area contributed by atoms with Gasteiger partial charge >= 0.3 is 0 Å². The van der Waals surface area contributed by atoms with Crippen LogP contribution in [-0.4, -0.2) is 29.9 Å². The number of carbonyl (C=O) groups excluding carboxylic acids is 1. The van der Waals surface area contributed by atoms with Crippen molar-refractivity contribution in [2.75, 3.05) is 18.4 Å². The summed E-state index contributed by atoms with van der Waals surface area (Å²) in [5, 5.41) is 10.6. The SMILES string of the molecule is CCNC(=NCc1ccc(NC(=O)C(C)C)cc1)NCCc1ncc(C)s1.I. The Morgan fingerprint density at radius 1 is 1.21 bits per heavy atom. The monoisotopic (exact) mass is 515 g/mol. The molecule has 0 saturated heterocycles. The van der Waals surface area contributed by atoms with Crippen molar-refractivity contribution >= 4 is 52.9 Å². The standard InChI is InChI=1S/C20H29N5OS.HI/c1-5-21-20(22-11-10-18-23-12-15(4)27-18)24-13-16-6-8-17(9-7-16)25-19(26)14(2)3;/h6-9,12,14H,5,10-11,13H2,1-4H3,(H,25,26)(H2,21,22,24);1H. The topological polar surface area (TPSA) is 78.4 Å². The molecule has 8 heteroatoms. The van der Waals surface area contributed by atoms with E-state index in [9.17, 15) is 4.79 Å². The molecule has 0 aliphatic heterocycles. The lowest BCUT2D eigenvalue weighted by Crippen LogP contribution is -2.38. The van der Waals surface area contributed by atoms with Crippen molar-refractivity contribution in [2.24, 2.45) is 10.9 Å². The Balaban J connectivity index is 0.00000392. The van der Waals surface area contributed by atoms with Crippen molar-refractivity contribution in [3.63, 3.8) is 0 Å². The van der Waals surface area contributed by atoms with E-state index >= 15 is 0 Å². The Bertz CT molecular complexity index is 758. The highest BCUT2D eigenvalue weighted by atomic mass is 127. The second kappa shape index (κ2) is 12.7. The van der Waals surface area contributed by atoms with Gasteiger partial charge in [0.05, 0.1) is 11.6 Å². The van der Waals surface area contributed by atoms with Crippen LogP contribution in [0.1, 0.15) is 36.2 Å². The lowest BCUT2D eigenvalue weighted by molar-refractivity contribution is -0.118. The number of anilines is 1. The normalized spacial score (nSPS) is 11.1. The van der Waals surface area contributed by atoms with E-state index in [1.807, 2.05) is 51.2 Å². The average molecular weight is 515 g/mol. The minimum Gasteiger partial charge on any atom is -0.357 e. The lowest BCUT2D eigenvalue weighted by atomic mass is 10.2. The van der Waals surface area contributed by atoms with E-state index in [0.29, 0.717) is 6.54 Å². The van der Waals surface area contributed by atoms with Crippen LogP contribution in [-0.2, 0) is 17.8 Å². The molecular weight excluding hydrogens is 485 g/mol. The van der Waals surface area contributed by atoms with Crippen LogP contribution in [0.5, 0.6) is 0 Å². The number of nitrogens with one attached hydrogen (secondary N) is 3. The molecule has 0 bridgehead atoms. The maximum atomic E-state index is 11.7. The maximum Gasteiger partial charge on any atom is 0.226 e. The molecule has 2 aromatic rings.